The molecule has 0 aromatic heterocycles. The Balaban J connectivity index is 3.04. The van der Waals surface area contributed by atoms with E-state index < -0.39 is 23.2 Å². The Kier molecular flexibility index (Phi) is 3.14. The average molecular weight is 213 g/mol. The van der Waals surface area contributed by atoms with E-state index in [9.17, 15) is 9.18 Å². The van der Waals surface area contributed by atoms with Gasteiger partial charge in [0.25, 0.3) is 5.91 Å². The molecule has 15 heavy (non-hydrogen) atoms. The van der Waals surface area contributed by atoms with Crippen molar-refractivity contribution in [1.29, 1.82) is 0 Å². The van der Waals surface area contributed by atoms with Gasteiger partial charge in [-0.1, -0.05) is 0 Å². The molecule has 4 nitrogen and oxygen atoms in total. The molecule has 0 aliphatic rings. The molecule has 0 saturated heterocycles. The van der Waals surface area contributed by atoms with E-state index in [0.29, 0.717) is 6.07 Å². The fourth-order valence-corrected chi connectivity index (χ4v) is 1.07. The second-order valence-corrected chi connectivity index (χ2v) is 3.45. The van der Waals surface area contributed by atoms with Gasteiger partial charge in [-0.3, -0.25) is 4.79 Å². The number of benzene rings is 1. The molecule has 0 saturated carbocycles. The number of amides is 1. The van der Waals surface area contributed by atoms with Crippen molar-refractivity contribution in [1.82, 2.24) is 5.32 Å². The molecule has 0 spiro atoms. The van der Waals surface area contributed by atoms with Crippen molar-refractivity contribution >= 4 is 5.91 Å². The molecule has 0 atom stereocenters. The maximum atomic E-state index is 13.2. The van der Waals surface area contributed by atoms with Crippen LogP contribution in [0.5, 0.6) is 11.5 Å². The highest BCUT2D eigenvalue weighted by atomic mass is 19.1. The van der Waals surface area contributed by atoms with Gasteiger partial charge in [0, 0.05) is 12.1 Å². The largest absolute Gasteiger partial charge is 0.504 e. The maximum absolute atomic E-state index is 13.2. The summed E-state index contributed by atoms with van der Waals surface area (Å²) >= 11 is 0. The Morgan fingerprint density at radius 2 is 1.87 bits per heavy atom. The summed E-state index contributed by atoms with van der Waals surface area (Å²) in [6.07, 6.45) is 0. The van der Waals surface area contributed by atoms with Gasteiger partial charge in [0.2, 0.25) is 0 Å². The third kappa shape index (κ3) is 2.59. The predicted molar refractivity (Wildman–Crippen MR) is 52.3 cm³/mol. The first kappa shape index (κ1) is 11.3. The second kappa shape index (κ2) is 4.16. The Labute approximate surface area is 86.4 Å². The third-order valence-electron chi connectivity index (χ3n) is 1.73. The highest BCUT2D eigenvalue weighted by Gasteiger charge is 2.15. The SMILES string of the molecule is CC(C)NC(=O)c1cc(O)c(O)cc1F. The zero-order valence-electron chi connectivity index (χ0n) is 8.41. The van der Waals surface area contributed by atoms with Crippen LogP contribution in [-0.2, 0) is 0 Å². The van der Waals surface area contributed by atoms with Gasteiger partial charge < -0.3 is 15.5 Å². The van der Waals surface area contributed by atoms with E-state index >= 15 is 0 Å². The van der Waals surface area contributed by atoms with E-state index in [1.807, 2.05) is 0 Å². The molecular formula is C10H12FNO3. The molecule has 0 radical (unpaired) electrons. The molecule has 0 aliphatic carbocycles. The third-order valence-corrected chi connectivity index (χ3v) is 1.73. The number of halogens is 1. The van der Waals surface area contributed by atoms with Crippen LogP contribution in [0, 0.1) is 5.82 Å². The van der Waals surface area contributed by atoms with Crippen LogP contribution in [0.3, 0.4) is 0 Å². The summed E-state index contributed by atoms with van der Waals surface area (Å²) in [6, 6.07) is 1.46. The monoisotopic (exact) mass is 213 g/mol. The summed E-state index contributed by atoms with van der Waals surface area (Å²) < 4.78 is 13.2. The Morgan fingerprint density at radius 1 is 1.33 bits per heavy atom. The van der Waals surface area contributed by atoms with Crippen LogP contribution in [0.25, 0.3) is 0 Å². The van der Waals surface area contributed by atoms with E-state index in [2.05, 4.69) is 5.32 Å². The number of carbonyl (C=O) groups is 1. The maximum Gasteiger partial charge on any atom is 0.254 e. The van der Waals surface area contributed by atoms with Gasteiger partial charge in [0.15, 0.2) is 11.5 Å². The molecule has 1 rings (SSSR count). The lowest BCUT2D eigenvalue weighted by Crippen LogP contribution is -2.30. The fourth-order valence-electron chi connectivity index (χ4n) is 1.07. The standard InChI is InChI=1S/C10H12FNO3/c1-5(2)12-10(15)6-3-8(13)9(14)4-7(6)11/h3-5,13-14H,1-2H3,(H,12,15). The summed E-state index contributed by atoms with van der Waals surface area (Å²) in [6.45, 7) is 3.46. The van der Waals surface area contributed by atoms with Crippen LogP contribution in [0.15, 0.2) is 12.1 Å². The fraction of sp³-hybridized carbons (Fsp3) is 0.300. The number of aromatic hydroxyl groups is 2. The molecule has 1 aromatic carbocycles. The van der Waals surface area contributed by atoms with Crippen molar-refractivity contribution in [2.45, 2.75) is 19.9 Å². The van der Waals surface area contributed by atoms with Gasteiger partial charge >= 0.3 is 0 Å². The van der Waals surface area contributed by atoms with E-state index in [1.165, 1.54) is 0 Å². The lowest BCUT2D eigenvalue weighted by molar-refractivity contribution is 0.0938. The second-order valence-electron chi connectivity index (χ2n) is 3.45. The normalized spacial score (nSPS) is 10.4. The minimum Gasteiger partial charge on any atom is -0.504 e. The number of hydrogen-bond donors (Lipinski definition) is 3. The molecule has 0 fully saturated rings. The number of rotatable bonds is 2. The van der Waals surface area contributed by atoms with Crippen LogP contribution in [-0.4, -0.2) is 22.2 Å². The van der Waals surface area contributed by atoms with Gasteiger partial charge in [-0.2, -0.15) is 0 Å². The predicted octanol–water partition coefficient (Wildman–Crippen LogP) is 1.38. The molecule has 5 heteroatoms. The van der Waals surface area contributed by atoms with Crippen LogP contribution >= 0.6 is 0 Å². The first-order valence-corrected chi connectivity index (χ1v) is 4.44. The molecule has 1 amide bonds. The highest BCUT2D eigenvalue weighted by Crippen LogP contribution is 2.27. The highest BCUT2D eigenvalue weighted by molar-refractivity contribution is 5.95. The molecule has 1 aromatic rings. The average Bonchev–Trinajstić information content (AvgIpc) is 2.09. The van der Waals surface area contributed by atoms with Gasteiger partial charge in [-0.25, -0.2) is 4.39 Å². The van der Waals surface area contributed by atoms with Crippen molar-refractivity contribution in [2.24, 2.45) is 0 Å². The molecule has 82 valence electrons. The molecule has 3 N–H and O–H groups in total. The Hall–Kier alpha value is -1.78. The van der Waals surface area contributed by atoms with Crippen molar-refractivity contribution in [2.75, 3.05) is 0 Å². The van der Waals surface area contributed by atoms with E-state index in [0.717, 1.165) is 6.07 Å². The van der Waals surface area contributed by atoms with Crippen LogP contribution in [0.1, 0.15) is 24.2 Å². The minimum atomic E-state index is -0.872. The minimum absolute atomic E-state index is 0.132. The molecule has 0 bridgehead atoms. The smallest absolute Gasteiger partial charge is 0.254 e. The number of phenolic OH excluding ortho intramolecular Hbond substituents is 2. The molecule has 0 heterocycles. The molecular weight excluding hydrogens is 201 g/mol. The lowest BCUT2D eigenvalue weighted by atomic mass is 10.1. The van der Waals surface area contributed by atoms with Gasteiger partial charge in [-0.05, 0) is 19.9 Å². The van der Waals surface area contributed by atoms with E-state index in [1.54, 1.807) is 13.8 Å². The number of carbonyl (C=O) groups excluding carboxylic acids is 1. The van der Waals surface area contributed by atoms with Crippen molar-refractivity contribution in [3.63, 3.8) is 0 Å². The number of phenols is 2. The van der Waals surface area contributed by atoms with Crippen molar-refractivity contribution in [3.8, 4) is 11.5 Å². The summed E-state index contributed by atoms with van der Waals surface area (Å²) in [5.41, 5.74) is -0.293. The Bertz CT molecular complexity index is 390. The van der Waals surface area contributed by atoms with Crippen LogP contribution < -0.4 is 5.32 Å². The van der Waals surface area contributed by atoms with Gasteiger partial charge in [0.1, 0.15) is 5.82 Å². The van der Waals surface area contributed by atoms with E-state index in [-0.39, 0.29) is 11.6 Å². The number of nitrogens with one attached hydrogen (secondary N) is 1. The van der Waals surface area contributed by atoms with Gasteiger partial charge in [-0.15, -0.1) is 0 Å². The van der Waals surface area contributed by atoms with Crippen LogP contribution in [0.4, 0.5) is 4.39 Å². The van der Waals surface area contributed by atoms with E-state index in [4.69, 9.17) is 10.2 Å². The zero-order chi connectivity index (χ0) is 11.6. The number of hydrogen-bond acceptors (Lipinski definition) is 3. The molecule has 0 aliphatic heterocycles. The first-order valence-electron chi connectivity index (χ1n) is 4.44. The first-order chi connectivity index (χ1) is 6.91. The zero-order valence-corrected chi connectivity index (χ0v) is 8.41. The van der Waals surface area contributed by atoms with Crippen molar-refractivity contribution < 1.29 is 19.4 Å². The van der Waals surface area contributed by atoms with Gasteiger partial charge in [0.05, 0.1) is 5.56 Å². The molecule has 0 unspecified atom stereocenters. The summed E-state index contributed by atoms with van der Waals surface area (Å²) in [5, 5.41) is 20.6. The van der Waals surface area contributed by atoms with Crippen LogP contribution in [0.2, 0.25) is 0 Å². The lowest BCUT2D eigenvalue weighted by Gasteiger charge is -2.09. The Morgan fingerprint density at radius 3 is 2.40 bits per heavy atom. The summed E-state index contributed by atoms with van der Waals surface area (Å²) in [7, 11) is 0. The van der Waals surface area contributed by atoms with Crippen molar-refractivity contribution in [3.05, 3.63) is 23.5 Å². The summed E-state index contributed by atoms with van der Waals surface area (Å²) in [4.78, 5) is 11.4. The topological polar surface area (TPSA) is 69.6 Å². The quantitative estimate of drug-likeness (QED) is 0.650. The summed E-state index contributed by atoms with van der Waals surface area (Å²) in [5.74, 6) is -2.61.